The average molecular weight is 188 g/mol. The molecule has 0 aliphatic heterocycles. The molecule has 0 aliphatic carbocycles. The number of hydrogen-bond donors (Lipinski definition) is 1. The molecule has 0 bridgehead atoms. The van der Waals surface area contributed by atoms with Crippen LogP contribution in [0.1, 0.15) is 11.7 Å². The van der Waals surface area contributed by atoms with E-state index in [4.69, 9.17) is 16.3 Å². The SMILES string of the molecule is COc1ncccc1C(O)CCl. The number of ether oxygens (including phenoxy) is 1. The highest BCUT2D eigenvalue weighted by molar-refractivity contribution is 6.18. The molecule has 0 aliphatic rings. The van der Waals surface area contributed by atoms with Gasteiger partial charge in [-0.2, -0.15) is 0 Å². The molecule has 1 atom stereocenters. The fraction of sp³-hybridized carbons (Fsp3) is 0.375. The second kappa shape index (κ2) is 4.28. The number of pyridine rings is 1. The van der Waals surface area contributed by atoms with Crippen LogP contribution in [-0.4, -0.2) is 23.1 Å². The lowest BCUT2D eigenvalue weighted by molar-refractivity contribution is 0.196. The van der Waals surface area contributed by atoms with E-state index in [1.807, 2.05) is 0 Å². The summed E-state index contributed by atoms with van der Waals surface area (Å²) in [6.45, 7) is 0. The standard InChI is InChI=1S/C8H10ClNO2/c1-12-8-6(7(11)5-9)3-2-4-10-8/h2-4,7,11H,5H2,1H3. The lowest BCUT2D eigenvalue weighted by Crippen LogP contribution is -2.02. The average Bonchev–Trinajstić information content (AvgIpc) is 2.16. The molecule has 0 aromatic carbocycles. The van der Waals surface area contributed by atoms with Crippen molar-refractivity contribution in [2.45, 2.75) is 6.10 Å². The van der Waals surface area contributed by atoms with Crippen molar-refractivity contribution < 1.29 is 9.84 Å². The van der Waals surface area contributed by atoms with Gasteiger partial charge in [-0.25, -0.2) is 4.98 Å². The van der Waals surface area contributed by atoms with Crippen molar-refractivity contribution in [3.05, 3.63) is 23.9 Å². The third-order valence-electron chi connectivity index (χ3n) is 1.50. The van der Waals surface area contributed by atoms with Crippen LogP contribution in [0.25, 0.3) is 0 Å². The van der Waals surface area contributed by atoms with Gasteiger partial charge in [-0.05, 0) is 12.1 Å². The molecule has 1 heterocycles. The number of methoxy groups -OCH3 is 1. The van der Waals surface area contributed by atoms with E-state index in [1.165, 1.54) is 7.11 Å². The number of aliphatic hydroxyl groups excluding tert-OH is 1. The van der Waals surface area contributed by atoms with Crippen molar-refractivity contribution in [1.29, 1.82) is 0 Å². The molecule has 4 heteroatoms. The summed E-state index contributed by atoms with van der Waals surface area (Å²) in [6, 6.07) is 3.46. The van der Waals surface area contributed by atoms with Crippen LogP contribution < -0.4 is 4.74 Å². The predicted octanol–water partition coefficient (Wildman–Crippen LogP) is 1.36. The molecule has 12 heavy (non-hydrogen) atoms. The second-order valence-electron chi connectivity index (χ2n) is 2.27. The monoisotopic (exact) mass is 187 g/mol. The topological polar surface area (TPSA) is 42.4 Å². The third-order valence-corrected chi connectivity index (χ3v) is 1.79. The van der Waals surface area contributed by atoms with Crippen molar-refractivity contribution >= 4 is 11.6 Å². The number of halogens is 1. The Morgan fingerprint density at radius 1 is 1.75 bits per heavy atom. The Balaban J connectivity index is 2.96. The zero-order valence-corrected chi connectivity index (χ0v) is 7.45. The molecule has 1 unspecified atom stereocenters. The van der Waals surface area contributed by atoms with Crippen molar-refractivity contribution in [2.24, 2.45) is 0 Å². The van der Waals surface area contributed by atoms with Crippen molar-refractivity contribution in [3.8, 4) is 5.88 Å². The third kappa shape index (κ3) is 1.87. The molecule has 66 valence electrons. The fourth-order valence-electron chi connectivity index (χ4n) is 0.911. The normalized spacial score (nSPS) is 12.6. The quantitative estimate of drug-likeness (QED) is 0.727. The maximum absolute atomic E-state index is 9.39. The lowest BCUT2D eigenvalue weighted by atomic mass is 10.2. The van der Waals surface area contributed by atoms with E-state index in [1.54, 1.807) is 18.3 Å². The van der Waals surface area contributed by atoms with Crippen LogP contribution in [-0.2, 0) is 0 Å². The van der Waals surface area contributed by atoms with Gasteiger partial charge in [0.05, 0.1) is 19.1 Å². The van der Waals surface area contributed by atoms with Crippen molar-refractivity contribution in [3.63, 3.8) is 0 Å². The minimum absolute atomic E-state index is 0.141. The molecule has 0 spiro atoms. The number of alkyl halides is 1. The van der Waals surface area contributed by atoms with E-state index in [2.05, 4.69) is 4.98 Å². The van der Waals surface area contributed by atoms with Gasteiger partial charge < -0.3 is 9.84 Å². The summed E-state index contributed by atoms with van der Waals surface area (Å²) in [6.07, 6.45) is 0.888. The molecule has 1 N–H and O–H groups in total. The second-order valence-corrected chi connectivity index (χ2v) is 2.58. The van der Waals surface area contributed by atoms with Crippen LogP contribution in [0.15, 0.2) is 18.3 Å². The van der Waals surface area contributed by atoms with Gasteiger partial charge >= 0.3 is 0 Å². The molecule has 0 amide bonds. The van der Waals surface area contributed by atoms with E-state index < -0.39 is 6.10 Å². The van der Waals surface area contributed by atoms with Crippen molar-refractivity contribution in [1.82, 2.24) is 4.98 Å². The highest BCUT2D eigenvalue weighted by Crippen LogP contribution is 2.22. The molecular weight excluding hydrogens is 178 g/mol. The maximum atomic E-state index is 9.39. The Morgan fingerprint density at radius 2 is 2.50 bits per heavy atom. The van der Waals surface area contributed by atoms with Gasteiger partial charge in [0.1, 0.15) is 0 Å². The predicted molar refractivity (Wildman–Crippen MR) is 46.5 cm³/mol. The molecule has 0 saturated heterocycles. The minimum Gasteiger partial charge on any atom is -0.481 e. The first-order valence-electron chi connectivity index (χ1n) is 3.52. The van der Waals surface area contributed by atoms with E-state index >= 15 is 0 Å². The summed E-state index contributed by atoms with van der Waals surface area (Å²) in [4.78, 5) is 3.93. The van der Waals surface area contributed by atoms with E-state index in [9.17, 15) is 5.11 Å². The minimum atomic E-state index is -0.713. The van der Waals surface area contributed by atoms with Crippen LogP contribution in [0.3, 0.4) is 0 Å². The molecule has 0 saturated carbocycles. The largest absolute Gasteiger partial charge is 0.481 e. The Hall–Kier alpha value is -0.800. The first-order chi connectivity index (χ1) is 5.79. The Kier molecular flexibility index (Phi) is 3.31. The highest BCUT2D eigenvalue weighted by Gasteiger charge is 2.11. The van der Waals surface area contributed by atoms with Crippen LogP contribution in [0, 0.1) is 0 Å². The molecule has 0 radical (unpaired) electrons. The number of aromatic nitrogens is 1. The first kappa shape index (κ1) is 9.29. The summed E-state index contributed by atoms with van der Waals surface area (Å²) >= 11 is 5.48. The molecule has 1 aromatic rings. The Bertz CT molecular complexity index is 255. The number of aliphatic hydroxyl groups is 1. The Labute approximate surface area is 76.0 Å². The van der Waals surface area contributed by atoms with E-state index in [0.29, 0.717) is 11.4 Å². The summed E-state index contributed by atoms with van der Waals surface area (Å²) in [7, 11) is 1.51. The zero-order chi connectivity index (χ0) is 8.97. The van der Waals surface area contributed by atoms with Gasteiger partial charge in [-0.3, -0.25) is 0 Å². The van der Waals surface area contributed by atoms with Gasteiger partial charge in [0.25, 0.3) is 0 Å². The maximum Gasteiger partial charge on any atom is 0.218 e. The van der Waals surface area contributed by atoms with Gasteiger partial charge in [0.2, 0.25) is 5.88 Å². The summed E-state index contributed by atoms with van der Waals surface area (Å²) < 4.78 is 4.94. The first-order valence-corrected chi connectivity index (χ1v) is 4.06. The number of rotatable bonds is 3. The summed E-state index contributed by atoms with van der Waals surface area (Å²) in [5.74, 6) is 0.563. The van der Waals surface area contributed by atoms with Crippen LogP contribution in [0.5, 0.6) is 5.88 Å². The van der Waals surface area contributed by atoms with Crippen LogP contribution in [0.4, 0.5) is 0 Å². The summed E-state index contributed by atoms with van der Waals surface area (Å²) in [5, 5.41) is 9.39. The van der Waals surface area contributed by atoms with Gasteiger partial charge in [0, 0.05) is 11.8 Å². The summed E-state index contributed by atoms with van der Waals surface area (Å²) in [5.41, 5.74) is 0.620. The highest BCUT2D eigenvalue weighted by atomic mass is 35.5. The fourth-order valence-corrected chi connectivity index (χ4v) is 1.08. The van der Waals surface area contributed by atoms with Crippen LogP contribution in [0.2, 0.25) is 0 Å². The Morgan fingerprint density at radius 3 is 3.08 bits per heavy atom. The van der Waals surface area contributed by atoms with Crippen LogP contribution >= 0.6 is 11.6 Å². The lowest BCUT2D eigenvalue weighted by Gasteiger charge is -2.09. The van der Waals surface area contributed by atoms with E-state index in [-0.39, 0.29) is 5.88 Å². The molecule has 1 rings (SSSR count). The number of nitrogens with zero attached hydrogens (tertiary/aromatic N) is 1. The molecule has 3 nitrogen and oxygen atoms in total. The number of hydrogen-bond acceptors (Lipinski definition) is 3. The molecule has 1 aromatic heterocycles. The smallest absolute Gasteiger partial charge is 0.218 e. The van der Waals surface area contributed by atoms with Gasteiger partial charge in [0.15, 0.2) is 0 Å². The van der Waals surface area contributed by atoms with Gasteiger partial charge in [-0.1, -0.05) is 0 Å². The molecule has 0 fully saturated rings. The molecular formula is C8H10ClNO2. The zero-order valence-electron chi connectivity index (χ0n) is 6.70. The van der Waals surface area contributed by atoms with Crippen molar-refractivity contribution in [2.75, 3.05) is 13.0 Å². The van der Waals surface area contributed by atoms with Gasteiger partial charge in [-0.15, -0.1) is 11.6 Å². The van der Waals surface area contributed by atoms with E-state index in [0.717, 1.165) is 0 Å².